The van der Waals surface area contributed by atoms with E-state index in [9.17, 15) is 8.78 Å². The fourth-order valence-electron chi connectivity index (χ4n) is 0.813. The highest BCUT2D eigenvalue weighted by Gasteiger charge is 2.22. The molecule has 0 aliphatic heterocycles. The second kappa shape index (κ2) is 3.09. The minimum atomic E-state index is -3.10. The van der Waals surface area contributed by atoms with E-state index in [1.54, 1.807) is 12.1 Å². The van der Waals surface area contributed by atoms with Crippen LogP contribution >= 0.6 is 0 Å². The topological polar surface area (TPSA) is 9.23 Å². The van der Waals surface area contributed by atoms with E-state index in [1.807, 2.05) is 6.92 Å². The molecular formula is C9H10F2O. The third kappa shape index (κ3) is 2.86. The van der Waals surface area contributed by atoms with Crippen LogP contribution in [0.25, 0.3) is 0 Å². The Balaban J connectivity index is 2.71. The van der Waals surface area contributed by atoms with Gasteiger partial charge in [-0.3, -0.25) is 0 Å². The van der Waals surface area contributed by atoms with Crippen molar-refractivity contribution in [2.45, 2.75) is 20.0 Å². The van der Waals surface area contributed by atoms with Crippen molar-refractivity contribution in [3.05, 3.63) is 29.8 Å². The quantitative estimate of drug-likeness (QED) is 0.666. The van der Waals surface area contributed by atoms with Gasteiger partial charge >= 0.3 is 6.11 Å². The Morgan fingerprint density at radius 1 is 1.17 bits per heavy atom. The number of benzene rings is 1. The van der Waals surface area contributed by atoms with E-state index in [-0.39, 0.29) is 5.75 Å². The highest BCUT2D eigenvalue weighted by Crippen LogP contribution is 2.20. The first-order chi connectivity index (χ1) is 5.47. The molecule has 0 saturated heterocycles. The third-order valence-electron chi connectivity index (χ3n) is 1.32. The van der Waals surface area contributed by atoms with Crippen LogP contribution in [0.4, 0.5) is 8.78 Å². The molecule has 1 rings (SSSR count). The molecule has 12 heavy (non-hydrogen) atoms. The van der Waals surface area contributed by atoms with Gasteiger partial charge in [0.15, 0.2) is 0 Å². The molecule has 0 atom stereocenters. The van der Waals surface area contributed by atoms with Crippen molar-refractivity contribution in [1.29, 1.82) is 0 Å². The van der Waals surface area contributed by atoms with E-state index in [2.05, 4.69) is 4.74 Å². The zero-order valence-electron chi connectivity index (χ0n) is 6.97. The lowest BCUT2D eigenvalue weighted by Gasteiger charge is -2.12. The van der Waals surface area contributed by atoms with Crippen LogP contribution < -0.4 is 4.74 Å². The van der Waals surface area contributed by atoms with Crippen LogP contribution in [0.15, 0.2) is 24.3 Å². The monoisotopic (exact) mass is 172 g/mol. The predicted molar refractivity (Wildman–Crippen MR) is 42.4 cm³/mol. The average Bonchev–Trinajstić information content (AvgIpc) is 1.91. The summed E-state index contributed by atoms with van der Waals surface area (Å²) < 4.78 is 28.9. The molecule has 0 aliphatic rings. The van der Waals surface area contributed by atoms with Gasteiger partial charge in [0.25, 0.3) is 0 Å². The molecule has 0 aliphatic carbocycles. The fourth-order valence-corrected chi connectivity index (χ4v) is 0.813. The maximum Gasteiger partial charge on any atom is 0.394 e. The highest BCUT2D eigenvalue weighted by molar-refractivity contribution is 5.26. The number of hydrogen-bond donors (Lipinski definition) is 0. The summed E-state index contributed by atoms with van der Waals surface area (Å²) in [5.41, 5.74) is 1.02. The molecule has 0 radical (unpaired) electrons. The van der Waals surface area contributed by atoms with Gasteiger partial charge < -0.3 is 4.74 Å². The smallest absolute Gasteiger partial charge is 0.394 e. The zero-order valence-corrected chi connectivity index (χ0v) is 6.97. The second-order valence-corrected chi connectivity index (χ2v) is 2.72. The molecule has 3 heteroatoms. The Bertz CT molecular complexity index is 248. The first kappa shape index (κ1) is 8.97. The molecule has 0 saturated carbocycles. The number of alkyl halides is 2. The summed E-state index contributed by atoms with van der Waals surface area (Å²) in [6, 6.07) is 6.49. The Morgan fingerprint density at radius 3 is 2.08 bits per heavy atom. The van der Waals surface area contributed by atoms with Gasteiger partial charge in [-0.25, -0.2) is 0 Å². The SMILES string of the molecule is Cc1ccc(OC(C)(F)F)cc1. The molecule has 0 heterocycles. The van der Waals surface area contributed by atoms with Crippen molar-refractivity contribution >= 4 is 0 Å². The van der Waals surface area contributed by atoms with Gasteiger partial charge in [-0.05, 0) is 19.1 Å². The summed E-state index contributed by atoms with van der Waals surface area (Å²) in [7, 11) is 0. The lowest BCUT2D eigenvalue weighted by Crippen LogP contribution is -2.18. The van der Waals surface area contributed by atoms with Crippen LogP contribution in [0.1, 0.15) is 12.5 Å². The highest BCUT2D eigenvalue weighted by atomic mass is 19.3. The fraction of sp³-hybridized carbons (Fsp3) is 0.333. The molecule has 0 aromatic heterocycles. The normalized spacial score (nSPS) is 11.3. The summed E-state index contributed by atoms with van der Waals surface area (Å²) >= 11 is 0. The minimum Gasteiger partial charge on any atom is -0.433 e. The Kier molecular flexibility index (Phi) is 2.31. The van der Waals surface area contributed by atoms with Crippen LogP contribution in [0.5, 0.6) is 5.75 Å². The van der Waals surface area contributed by atoms with Crippen molar-refractivity contribution in [1.82, 2.24) is 0 Å². The zero-order chi connectivity index (χ0) is 9.19. The van der Waals surface area contributed by atoms with Crippen LogP contribution in [0.2, 0.25) is 0 Å². The van der Waals surface area contributed by atoms with Gasteiger partial charge in [0, 0.05) is 6.92 Å². The van der Waals surface area contributed by atoms with Crippen LogP contribution in [-0.2, 0) is 0 Å². The van der Waals surface area contributed by atoms with Gasteiger partial charge in [-0.15, -0.1) is 0 Å². The number of halogens is 2. The van der Waals surface area contributed by atoms with Crippen molar-refractivity contribution in [3.63, 3.8) is 0 Å². The van der Waals surface area contributed by atoms with E-state index in [0.29, 0.717) is 6.92 Å². The average molecular weight is 172 g/mol. The number of hydrogen-bond acceptors (Lipinski definition) is 1. The Morgan fingerprint density at radius 2 is 1.67 bits per heavy atom. The molecule has 0 amide bonds. The van der Waals surface area contributed by atoms with E-state index >= 15 is 0 Å². The largest absolute Gasteiger partial charge is 0.433 e. The maximum absolute atomic E-state index is 12.3. The van der Waals surface area contributed by atoms with E-state index < -0.39 is 6.11 Å². The van der Waals surface area contributed by atoms with E-state index in [4.69, 9.17) is 0 Å². The summed E-state index contributed by atoms with van der Waals surface area (Å²) in [5.74, 6) is 0.188. The van der Waals surface area contributed by atoms with E-state index in [0.717, 1.165) is 5.56 Å². The van der Waals surface area contributed by atoms with Gasteiger partial charge in [-0.2, -0.15) is 8.78 Å². The second-order valence-electron chi connectivity index (χ2n) is 2.72. The van der Waals surface area contributed by atoms with Crippen molar-refractivity contribution in [3.8, 4) is 5.75 Å². The standard InChI is InChI=1S/C9H10F2O/c1-7-3-5-8(6-4-7)12-9(2,10)11/h3-6H,1-2H3. The van der Waals surface area contributed by atoms with Crippen molar-refractivity contribution in [2.75, 3.05) is 0 Å². The summed E-state index contributed by atoms with van der Waals surface area (Å²) in [4.78, 5) is 0. The van der Waals surface area contributed by atoms with Gasteiger partial charge in [0.1, 0.15) is 5.75 Å². The molecule has 1 nitrogen and oxygen atoms in total. The molecular weight excluding hydrogens is 162 g/mol. The lowest BCUT2D eigenvalue weighted by molar-refractivity contribution is -0.158. The molecule has 0 fully saturated rings. The van der Waals surface area contributed by atoms with Gasteiger partial charge in [-0.1, -0.05) is 17.7 Å². The predicted octanol–water partition coefficient (Wildman–Crippen LogP) is 2.99. The first-order valence-corrected chi connectivity index (χ1v) is 3.61. The Hall–Kier alpha value is -1.12. The van der Waals surface area contributed by atoms with Crippen LogP contribution in [-0.4, -0.2) is 6.11 Å². The maximum atomic E-state index is 12.3. The lowest BCUT2D eigenvalue weighted by atomic mass is 10.2. The summed E-state index contributed by atoms with van der Waals surface area (Å²) in [6.07, 6.45) is -3.10. The van der Waals surface area contributed by atoms with Crippen LogP contribution in [0.3, 0.4) is 0 Å². The molecule has 0 unspecified atom stereocenters. The molecule has 0 N–H and O–H groups in total. The summed E-state index contributed by atoms with van der Waals surface area (Å²) in [5, 5.41) is 0. The van der Waals surface area contributed by atoms with Gasteiger partial charge in [0.05, 0.1) is 0 Å². The molecule has 1 aromatic carbocycles. The molecule has 0 bridgehead atoms. The minimum absolute atomic E-state index is 0.188. The third-order valence-corrected chi connectivity index (χ3v) is 1.32. The number of ether oxygens (including phenoxy) is 1. The molecule has 0 spiro atoms. The Labute approximate surface area is 70.0 Å². The van der Waals surface area contributed by atoms with Crippen molar-refractivity contribution in [2.24, 2.45) is 0 Å². The first-order valence-electron chi connectivity index (χ1n) is 3.61. The number of aryl methyl sites for hydroxylation is 1. The number of rotatable bonds is 2. The van der Waals surface area contributed by atoms with E-state index in [1.165, 1.54) is 12.1 Å². The molecule has 66 valence electrons. The van der Waals surface area contributed by atoms with Crippen molar-refractivity contribution < 1.29 is 13.5 Å². The summed E-state index contributed by atoms with van der Waals surface area (Å²) in [6.45, 7) is 2.60. The molecule has 1 aromatic rings. The van der Waals surface area contributed by atoms with Crippen LogP contribution in [0, 0.1) is 6.92 Å². The van der Waals surface area contributed by atoms with Gasteiger partial charge in [0.2, 0.25) is 0 Å².